The molecule has 8 atom stereocenters. The molecule has 4 aliphatic carbocycles. The van der Waals surface area contributed by atoms with Gasteiger partial charge in [-0.05, 0) is 91.3 Å². The topological polar surface area (TPSA) is 63.6 Å². The molecule has 0 amide bonds. The first kappa shape index (κ1) is 25.8. The lowest BCUT2D eigenvalue weighted by molar-refractivity contribution is -0.157. The van der Waals surface area contributed by atoms with Crippen LogP contribution >= 0.6 is 0 Å². The standard InChI is InChI=1S/C30H48O4/c1-19(2)7-6-8-20(3)24-11-12-25-23-10-9-21-17-22(34-28(33)18-27(31)32)13-15-29(21,4)26(23)14-16-30(24,25)5/h9,19-20,22-26H,6-8,10-18H2,1-5H3,(H,31,32)/t20-,22?,23+,24-,25+,26+,29+,30-/m1/s1. The highest BCUT2D eigenvalue weighted by atomic mass is 16.5. The quantitative estimate of drug-likeness (QED) is 0.227. The minimum Gasteiger partial charge on any atom is -0.481 e. The average molecular weight is 473 g/mol. The predicted molar refractivity (Wildman–Crippen MR) is 135 cm³/mol. The molecule has 4 rings (SSSR count). The lowest BCUT2D eigenvalue weighted by Gasteiger charge is -2.58. The summed E-state index contributed by atoms with van der Waals surface area (Å²) in [6, 6.07) is 0. The van der Waals surface area contributed by atoms with Crippen LogP contribution in [0.5, 0.6) is 0 Å². The van der Waals surface area contributed by atoms with E-state index in [9.17, 15) is 9.59 Å². The molecule has 4 nitrogen and oxygen atoms in total. The third-order valence-electron chi connectivity index (χ3n) is 10.9. The second-order valence-corrected chi connectivity index (χ2v) is 13.2. The molecule has 3 saturated carbocycles. The summed E-state index contributed by atoms with van der Waals surface area (Å²) >= 11 is 0. The number of hydrogen-bond donors (Lipinski definition) is 1. The molecule has 0 radical (unpaired) electrons. The number of carbonyl (C=O) groups is 2. The van der Waals surface area contributed by atoms with Crippen LogP contribution in [0.3, 0.4) is 0 Å². The summed E-state index contributed by atoms with van der Waals surface area (Å²) in [6.45, 7) is 12.4. The summed E-state index contributed by atoms with van der Waals surface area (Å²) in [6.07, 6.45) is 15.4. The highest BCUT2D eigenvalue weighted by Gasteiger charge is 2.59. The first-order valence-corrected chi connectivity index (χ1v) is 14.2. The van der Waals surface area contributed by atoms with Gasteiger partial charge in [0.15, 0.2) is 0 Å². The lowest BCUT2D eigenvalue weighted by atomic mass is 9.47. The smallest absolute Gasteiger partial charge is 0.317 e. The Morgan fingerprint density at radius 2 is 1.82 bits per heavy atom. The third kappa shape index (κ3) is 4.85. The van der Waals surface area contributed by atoms with E-state index < -0.39 is 18.4 Å². The Labute approximate surface area is 207 Å². The molecule has 0 bridgehead atoms. The van der Waals surface area contributed by atoms with Crippen molar-refractivity contribution >= 4 is 11.9 Å². The molecule has 0 aromatic carbocycles. The van der Waals surface area contributed by atoms with Crippen molar-refractivity contribution in [3.63, 3.8) is 0 Å². The van der Waals surface area contributed by atoms with Gasteiger partial charge in [-0.3, -0.25) is 9.59 Å². The minimum atomic E-state index is -1.11. The van der Waals surface area contributed by atoms with E-state index in [1.165, 1.54) is 56.9 Å². The number of rotatable bonds is 8. The molecular formula is C30H48O4. The molecule has 0 aromatic heterocycles. The van der Waals surface area contributed by atoms with Gasteiger partial charge < -0.3 is 9.84 Å². The molecule has 0 saturated heterocycles. The summed E-state index contributed by atoms with van der Waals surface area (Å²) in [5.41, 5.74) is 2.21. The van der Waals surface area contributed by atoms with Crippen LogP contribution in [0.4, 0.5) is 0 Å². The average Bonchev–Trinajstić information content (AvgIpc) is 3.10. The highest BCUT2D eigenvalue weighted by molar-refractivity contribution is 5.90. The molecule has 0 spiro atoms. The van der Waals surface area contributed by atoms with Crippen LogP contribution in [0.15, 0.2) is 11.6 Å². The Hall–Kier alpha value is -1.32. The maximum atomic E-state index is 11.9. The zero-order valence-electron chi connectivity index (χ0n) is 22.3. The van der Waals surface area contributed by atoms with E-state index in [0.29, 0.717) is 5.41 Å². The molecule has 34 heavy (non-hydrogen) atoms. The molecule has 0 heterocycles. The lowest BCUT2D eigenvalue weighted by Crippen LogP contribution is -2.51. The molecule has 0 aromatic rings. The van der Waals surface area contributed by atoms with Crippen LogP contribution in [-0.4, -0.2) is 23.1 Å². The van der Waals surface area contributed by atoms with Gasteiger partial charge >= 0.3 is 11.9 Å². The number of esters is 1. The minimum absolute atomic E-state index is 0.154. The zero-order chi connectivity index (χ0) is 24.7. The van der Waals surface area contributed by atoms with Crippen LogP contribution < -0.4 is 0 Å². The van der Waals surface area contributed by atoms with Crippen molar-refractivity contribution < 1.29 is 19.4 Å². The molecule has 3 fully saturated rings. The molecule has 1 unspecified atom stereocenters. The van der Waals surface area contributed by atoms with Crippen molar-refractivity contribution in [3.8, 4) is 0 Å². The molecule has 4 heteroatoms. The fourth-order valence-electron chi connectivity index (χ4n) is 9.10. The van der Waals surface area contributed by atoms with E-state index in [0.717, 1.165) is 54.8 Å². The monoisotopic (exact) mass is 472 g/mol. The Morgan fingerprint density at radius 1 is 1.06 bits per heavy atom. The SMILES string of the molecule is CC(C)CCC[C@@H](C)[C@H]1CC[C@H]2[C@@H]3CC=C4CC(OC(=O)CC(=O)O)CC[C@]4(C)[C@H]3CC[C@]12C. The van der Waals surface area contributed by atoms with Crippen molar-refractivity contribution in [3.05, 3.63) is 11.6 Å². The number of carboxylic acids is 1. The van der Waals surface area contributed by atoms with Crippen molar-refractivity contribution in [1.29, 1.82) is 0 Å². The van der Waals surface area contributed by atoms with Gasteiger partial charge in [0.1, 0.15) is 12.5 Å². The Bertz CT molecular complexity index is 800. The number of allylic oxidation sites excluding steroid dienone is 1. The fraction of sp³-hybridized carbons (Fsp3) is 0.867. The van der Waals surface area contributed by atoms with Crippen molar-refractivity contribution in [1.82, 2.24) is 0 Å². The maximum Gasteiger partial charge on any atom is 0.317 e. The first-order chi connectivity index (χ1) is 16.0. The van der Waals surface area contributed by atoms with E-state index in [2.05, 4.69) is 40.7 Å². The second kappa shape index (κ2) is 9.97. The van der Waals surface area contributed by atoms with Crippen molar-refractivity contribution in [2.45, 2.75) is 118 Å². The van der Waals surface area contributed by atoms with Crippen molar-refractivity contribution in [2.24, 2.45) is 46.3 Å². The van der Waals surface area contributed by atoms with Crippen molar-refractivity contribution in [2.75, 3.05) is 0 Å². The predicted octanol–water partition coefficient (Wildman–Crippen LogP) is 7.41. The van der Waals surface area contributed by atoms with Crippen LogP contribution in [0.1, 0.15) is 112 Å². The zero-order valence-corrected chi connectivity index (χ0v) is 22.3. The number of ether oxygens (including phenoxy) is 1. The molecular weight excluding hydrogens is 424 g/mol. The number of fused-ring (bicyclic) bond motifs is 5. The van der Waals surface area contributed by atoms with E-state index in [1.807, 2.05) is 0 Å². The van der Waals surface area contributed by atoms with Crippen LogP contribution in [-0.2, 0) is 14.3 Å². The summed E-state index contributed by atoms with van der Waals surface area (Å²) in [5, 5.41) is 8.87. The third-order valence-corrected chi connectivity index (χ3v) is 10.9. The Kier molecular flexibility index (Phi) is 7.56. The fourth-order valence-corrected chi connectivity index (χ4v) is 9.10. The molecule has 1 N–H and O–H groups in total. The summed E-state index contributed by atoms with van der Waals surface area (Å²) in [7, 11) is 0. The molecule has 0 aliphatic heterocycles. The Balaban J connectivity index is 1.43. The van der Waals surface area contributed by atoms with Crippen LogP contribution in [0.2, 0.25) is 0 Å². The summed E-state index contributed by atoms with van der Waals surface area (Å²) in [4.78, 5) is 22.7. The van der Waals surface area contributed by atoms with Gasteiger partial charge in [0.2, 0.25) is 0 Å². The van der Waals surface area contributed by atoms with Gasteiger partial charge in [-0.25, -0.2) is 0 Å². The van der Waals surface area contributed by atoms with Gasteiger partial charge in [0, 0.05) is 6.42 Å². The van der Waals surface area contributed by atoms with Gasteiger partial charge in [-0.15, -0.1) is 0 Å². The maximum absolute atomic E-state index is 11.9. The van der Waals surface area contributed by atoms with Gasteiger partial charge in [-0.2, -0.15) is 0 Å². The van der Waals surface area contributed by atoms with E-state index in [1.54, 1.807) is 0 Å². The highest BCUT2D eigenvalue weighted by Crippen LogP contribution is 2.67. The largest absolute Gasteiger partial charge is 0.481 e. The van der Waals surface area contributed by atoms with Crippen LogP contribution in [0.25, 0.3) is 0 Å². The molecule has 192 valence electrons. The number of carbonyl (C=O) groups excluding carboxylic acids is 1. The summed E-state index contributed by atoms with van der Waals surface area (Å²) in [5.74, 6) is 3.23. The number of carboxylic acid groups (broad SMARTS) is 1. The van der Waals surface area contributed by atoms with Gasteiger partial charge in [-0.1, -0.05) is 65.5 Å². The normalized spacial score (nSPS) is 40.1. The second-order valence-electron chi connectivity index (χ2n) is 13.2. The van der Waals surface area contributed by atoms with Gasteiger partial charge in [0.05, 0.1) is 0 Å². The number of hydrogen-bond acceptors (Lipinski definition) is 3. The van der Waals surface area contributed by atoms with E-state index in [4.69, 9.17) is 9.84 Å². The number of aliphatic carboxylic acids is 1. The van der Waals surface area contributed by atoms with Crippen LogP contribution in [0, 0.1) is 46.3 Å². The summed E-state index contributed by atoms with van der Waals surface area (Å²) < 4.78 is 5.54. The van der Waals surface area contributed by atoms with E-state index in [-0.39, 0.29) is 11.5 Å². The van der Waals surface area contributed by atoms with E-state index >= 15 is 0 Å². The first-order valence-electron chi connectivity index (χ1n) is 14.2. The van der Waals surface area contributed by atoms with Gasteiger partial charge in [0.25, 0.3) is 0 Å². The molecule has 4 aliphatic rings. The Morgan fingerprint density at radius 3 is 2.53 bits per heavy atom.